The van der Waals surface area contributed by atoms with Gasteiger partial charge in [0.2, 0.25) is 5.91 Å². The molecule has 2 aromatic carbocycles. The number of nitrogens with zero attached hydrogens (tertiary/aromatic N) is 1. The van der Waals surface area contributed by atoms with Crippen LogP contribution in [-0.4, -0.2) is 37.1 Å². The van der Waals surface area contributed by atoms with Gasteiger partial charge in [-0.1, -0.05) is 53.2 Å². The molecule has 1 heterocycles. The van der Waals surface area contributed by atoms with Crippen molar-refractivity contribution in [3.8, 4) is 0 Å². The van der Waals surface area contributed by atoms with Gasteiger partial charge in [-0.15, -0.1) is 0 Å². The number of nitrogens with two attached hydrogens (primary N) is 1. The molecule has 1 fully saturated rings. The van der Waals surface area contributed by atoms with Crippen molar-refractivity contribution in [3.63, 3.8) is 0 Å². The van der Waals surface area contributed by atoms with Crippen LogP contribution in [0, 0.1) is 0 Å². The summed E-state index contributed by atoms with van der Waals surface area (Å²) >= 11 is 14.3. The van der Waals surface area contributed by atoms with E-state index in [0.29, 0.717) is 47.6 Å². The number of hydrogen-bond donors (Lipinski definition) is 1. The standard InChI is InChI=1S/C19H18Cl2N2O2S/c20-18-13(6-8-17(24)23-9-11-25-12-10-23)5-7-16(19(18)21)26-15-4-2-1-3-14(15)22/h1-8H,9-12,22H2. The Morgan fingerprint density at radius 3 is 2.54 bits per heavy atom. The molecule has 1 aliphatic heterocycles. The molecule has 0 bridgehead atoms. The van der Waals surface area contributed by atoms with Crippen molar-refractivity contribution in [2.24, 2.45) is 0 Å². The molecular formula is C19H18Cl2N2O2S. The molecular weight excluding hydrogens is 391 g/mol. The van der Waals surface area contributed by atoms with E-state index in [-0.39, 0.29) is 5.91 Å². The third-order valence-corrected chi connectivity index (χ3v) is 6.10. The number of ether oxygens (including phenoxy) is 1. The highest BCUT2D eigenvalue weighted by atomic mass is 35.5. The first-order valence-electron chi connectivity index (χ1n) is 8.11. The molecule has 1 amide bonds. The van der Waals surface area contributed by atoms with Gasteiger partial charge in [-0.05, 0) is 29.8 Å². The molecule has 1 saturated heterocycles. The molecule has 0 spiro atoms. The number of carbonyl (C=O) groups is 1. The number of rotatable bonds is 4. The summed E-state index contributed by atoms with van der Waals surface area (Å²) in [5, 5.41) is 0.859. The van der Waals surface area contributed by atoms with Gasteiger partial charge in [0.05, 0.1) is 23.3 Å². The monoisotopic (exact) mass is 408 g/mol. The minimum atomic E-state index is -0.0593. The van der Waals surface area contributed by atoms with Gasteiger partial charge in [-0.3, -0.25) is 4.79 Å². The molecule has 2 N–H and O–H groups in total. The highest BCUT2D eigenvalue weighted by molar-refractivity contribution is 7.99. The van der Waals surface area contributed by atoms with Crippen LogP contribution in [0.3, 0.4) is 0 Å². The number of nitrogen functional groups attached to an aromatic ring is 1. The van der Waals surface area contributed by atoms with Crippen LogP contribution in [0.25, 0.3) is 6.08 Å². The molecule has 136 valence electrons. The number of halogens is 2. The normalized spacial score (nSPS) is 14.8. The lowest BCUT2D eigenvalue weighted by molar-refractivity contribution is -0.129. The lowest BCUT2D eigenvalue weighted by atomic mass is 10.2. The summed E-state index contributed by atoms with van der Waals surface area (Å²) in [6, 6.07) is 11.3. The predicted octanol–water partition coefficient (Wildman–Crippen LogP) is 4.60. The third-order valence-electron chi connectivity index (χ3n) is 3.94. The molecule has 0 atom stereocenters. The van der Waals surface area contributed by atoms with Crippen molar-refractivity contribution in [2.45, 2.75) is 9.79 Å². The summed E-state index contributed by atoms with van der Waals surface area (Å²) in [7, 11) is 0. The van der Waals surface area contributed by atoms with E-state index in [1.165, 1.54) is 17.8 Å². The van der Waals surface area contributed by atoms with Crippen molar-refractivity contribution >= 4 is 52.6 Å². The van der Waals surface area contributed by atoms with E-state index in [1.54, 1.807) is 11.0 Å². The number of para-hydroxylation sites is 1. The largest absolute Gasteiger partial charge is 0.398 e. The Bertz CT molecular complexity index is 836. The molecule has 0 aromatic heterocycles. The Morgan fingerprint density at radius 2 is 1.81 bits per heavy atom. The van der Waals surface area contributed by atoms with Crippen LogP contribution < -0.4 is 5.73 Å². The van der Waals surface area contributed by atoms with Crippen LogP contribution in [0.1, 0.15) is 5.56 Å². The van der Waals surface area contributed by atoms with Gasteiger partial charge in [0.15, 0.2) is 0 Å². The average molecular weight is 409 g/mol. The molecule has 0 radical (unpaired) electrons. The van der Waals surface area contributed by atoms with E-state index in [1.807, 2.05) is 36.4 Å². The Kier molecular flexibility index (Phi) is 6.48. The third kappa shape index (κ3) is 4.54. The van der Waals surface area contributed by atoms with Crippen LogP contribution in [0.4, 0.5) is 5.69 Å². The van der Waals surface area contributed by atoms with Crippen LogP contribution in [-0.2, 0) is 9.53 Å². The number of carbonyl (C=O) groups excluding carboxylic acids is 1. The molecule has 26 heavy (non-hydrogen) atoms. The van der Waals surface area contributed by atoms with E-state index in [2.05, 4.69) is 0 Å². The fourth-order valence-corrected chi connectivity index (χ4v) is 3.97. The quantitative estimate of drug-likeness (QED) is 0.593. The van der Waals surface area contributed by atoms with Gasteiger partial charge in [0.1, 0.15) is 0 Å². The second-order valence-electron chi connectivity index (χ2n) is 5.69. The Balaban J connectivity index is 1.75. The predicted molar refractivity (Wildman–Crippen MR) is 108 cm³/mol. The minimum Gasteiger partial charge on any atom is -0.398 e. The lowest BCUT2D eigenvalue weighted by Gasteiger charge is -2.25. The summed E-state index contributed by atoms with van der Waals surface area (Å²) in [5.74, 6) is -0.0593. The van der Waals surface area contributed by atoms with E-state index in [0.717, 1.165) is 9.79 Å². The summed E-state index contributed by atoms with van der Waals surface area (Å²) < 4.78 is 5.25. The Hall–Kier alpha value is -1.66. The summed E-state index contributed by atoms with van der Waals surface area (Å²) in [6.45, 7) is 2.35. The first kappa shape index (κ1) is 19.1. The van der Waals surface area contributed by atoms with Crippen LogP contribution in [0.5, 0.6) is 0 Å². The molecule has 2 aromatic rings. The first-order valence-corrected chi connectivity index (χ1v) is 9.68. The average Bonchev–Trinajstić information content (AvgIpc) is 2.67. The van der Waals surface area contributed by atoms with Gasteiger partial charge in [-0.2, -0.15) is 0 Å². The number of hydrogen-bond acceptors (Lipinski definition) is 4. The SMILES string of the molecule is Nc1ccccc1Sc1ccc(C=CC(=O)N2CCOCC2)c(Cl)c1Cl. The maximum Gasteiger partial charge on any atom is 0.246 e. The zero-order chi connectivity index (χ0) is 18.5. The van der Waals surface area contributed by atoms with E-state index in [4.69, 9.17) is 33.7 Å². The van der Waals surface area contributed by atoms with Gasteiger partial charge in [-0.25, -0.2) is 0 Å². The van der Waals surface area contributed by atoms with Gasteiger partial charge >= 0.3 is 0 Å². The topological polar surface area (TPSA) is 55.6 Å². The zero-order valence-corrected chi connectivity index (χ0v) is 16.3. The van der Waals surface area contributed by atoms with E-state index in [9.17, 15) is 4.79 Å². The molecule has 1 aliphatic rings. The fourth-order valence-electron chi connectivity index (χ4n) is 2.50. The molecule has 7 heteroatoms. The van der Waals surface area contributed by atoms with Gasteiger partial charge < -0.3 is 15.4 Å². The van der Waals surface area contributed by atoms with Crippen molar-refractivity contribution < 1.29 is 9.53 Å². The number of amides is 1. The van der Waals surface area contributed by atoms with Crippen molar-refractivity contribution in [1.82, 2.24) is 4.90 Å². The van der Waals surface area contributed by atoms with Crippen molar-refractivity contribution in [1.29, 1.82) is 0 Å². The molecule has 0 saturated carbocycles. The second-order valence-corrected chi connectivity index (χ2v) is 7.53. The lowest BCUT2D eigenvalue weighted by Crippen LogP contribution is -2.39. The van der Waals surface area contributed by atoms with Crippen molar-refractivity contribution in [3.05, 3.63) is 58.1 Å². The second kappa shape index (κ2) is 8.82. The summed E-state index contributed by atoms with van der Waals surface area (Å²) in [4.78, 5) is 15.7. The summed E-state index contributed by atoms with van der Waals surface area (Å²) in [6.07, 6.45) is 3.21. The summed E-state index contributed by atoms with van der Waals surface area (Å²) in [5.41, 5.74) is 7.36. The molecule has 0 aliphatic carbocycles. The highest BCUT2D eigenvalue weighted by Gasteiger charge is 2.15. The Morgan fingerprint density at radius 1 is 1.08 bits per heavy atom. The highest BCUT2D eigenvalue weighted by Crippen LogP contribution is 2.40. The maximum absolute atomic E-state index is 12.2. The van der Waals surface area contributed by atoms with Crippen molar-refractivity contribution in [2.75, 3.05) is 32.0 Å². The van der Waals surface area contributed by atoms with Crippen LogP contribution >= 0.6 is 35.0 Å². The maximum atomic E-state index is 12.2. The number of benzene rings is 2. The van der Waals surface area contributed by atoms with E-state index < -0.39 is 0 Å². The minimum absolute atomic E-state index is 0.0593. The van der Waals surface area contributed by atoms with Gasteiger partial charge in [0, 0.05) is 34.6 Å². The first-order chi connectivity index (χ1) is 12.6. The van der Waals surface area contributed by atoms with Crippen LogP contribution in [0.15, 0.2) is 52.3 Å². The Labute approximate surface area is 166 Å². The molecule has 4 nitrogen and oxygen atoms in total. The molecule has 0 unspecified atom stereocenters. The molecule has 3 rings (SSSR count). The number of morpholine rings is 1. The smallest absolute Gasteiger partial charge is 0.246 e. The van der Waals surface area contributed by atoms with Crippen LogP contribution in [0.2, 0.25) is 10.0 Å². The van der Waals surface area contributed by atoms with E-state index >= 15 is 0 Å². The van der Waals surface area contributed by atoms with Gasteiger partial charge in [0.25, 0.3) is 0 Å². The fraction of sp³-hybridized carbons (Fsp3) is 0.211. The zero-order valence-electron chi connectivity index (χ0n) is 14.0. The number of anilines is 1.